The van der Waals surface area contributed by atoms with Gasteiger partial charge in [0.05, 0.1) is 7.11 Å². The first-order valence-corrected chi connectivity index (χ1v) is 4.53. The Balaban J connectivity index is 2.78. The molecule has 1 aliphatic heterocycles. The van der Waals surface area contributed by atoms with Crippen molar-refractivity contribution >= 4 is 0 Å². The standard InChI is InChI=1S/C10H17NO2/c1-4-9(13-3)10(2,12)8-6-5-7-11-8/h8,11-12H,1,5-7H2,2-3H3/t8-,10+/m0/s1. The molecule has 13 heavy (non-hydrogen) atoms. The number of rotatable bonds is 3. The van der Waals surface area contributed by atoms with Gasteiger partial charge in [-0.15, -0.1) is 0 Å². The molecule has 74 valence electrons. The van der Waals surface area contributed by atoms with Gasteiger partial charge in [-0.2, -0.15) is 0 Å². The first-order valence-electron chi connectivity index (χ1n) is 4.53. The van der Waals surface area contributed by atoms with E-state index in [-0.39, 0.29) is 6.04 Å². The van der Waals surface area contributed by atoms with Crippen molar-refractivity contribution in [3.05, 3.63) is 18.1 Å². The Bertz CT molecular complexity index is 223. The third-order valence-electron chi connectivity index (χ3n) is 2.56. The first-order chi connectivity index (χ1) is 6.12. The smallest absolute Gasteiger partial charge is 0.170 e. The van der Waals surface area contributed by atoms with Gasteiger partial charge in [0.2, 0.25) is 0 Å². The van der Waals surface area contributed by atoms with E-state index in [9.17, 15) is 5.11 Å². The molecule has 1 fully saturated rings. The summed E-state index contributed by atoms with van der Waals surface area (Å²) in [6, 6.07) is 0.0525. The summed E-state index contributed by atoms with van der Waals surface area (Å²) < 4.78 is 5.03. The minimum absolute atomic E-state index is 0.0525. The van der Waals surface area contributed by atoms with Gasteiger partial charge >= 0.3 is 0 Å². The summed E-state index contributed by atoms with van der Waals surface area (Å²) in [6.07, 6.45) is 2.05. The van der Waals surface area contributed by atoms with Crippen LogP contribution < -0.4 is 5.32 Å². The highest BCUT2D eigenvalue weighted by Gasteiger charge is 2.38. The second kappa shape index (κ2) is 3.97. The SMILES string of the molecule is C=C=C(OC)[C@](C)(O)[C@@H]1CCCN1. The molecule has 1 rings (SSSR count). The predicted octanol–water partition coefficient (Wildman–Crippen LogP) is 0.805. The average molecular weight is 183 g/mol. The van der Waals surface area contributed by atoms with E-state index in [2.05, 4.69) is 17.6 Å². The summed E-state index contributed by atoms with van der Waals surface area (Å²) in [5.41, 5.74) is 1.63. The van der Waals surface area contributed by atoms with Crippen LogP contribution in [0.3, 0.4) is 0 Å². The highest BCUT2D eigenvalue weighted by molar-refractivity contribution is 5.12. The van der Waals surface area contributed by atoms with Crippen LogP contribution in [-0.4, -0.2) is 30.4 Å². The minimum Gasteiger partial charge on any atom is -0.490 e. The van der Waals surface area contributed by atoms with Gasteiger partial charge in [0.25, 0.3) is 0 Å². The Labute approximate surface area is 79.1 Å². The zero-order chi connectivity index (χ0) is 9.90. The summed E-state index contributed by atoms with van der Waals surface area (Å²) in [7, 11) is 1.52. The molecule has 3 nitrogen and oxygen atoms in total. The maximum Gasteiger partial charge on any atom is 0.170 e. The van der Waals surface area contributed by atoms with Crippen LogP contribution in [0.15, 0.2) is 18.1 Å². The van der Waals surface area contributed by atoms with Gasteiger partial charge < -0.3 is 15.2 Å². The Morgan fingerprint density at radius 1 is 1.77 bits per heavy atom. The van der Waals surface area contributed by atoms with Crippen molar-refractivity contribution in [2.45, 2.75) is 31.4 Å². The molecule has 0 aromatic carbocycles. The van der Waals surface area contributed by atoms with Crippen molar-refractivity contribution in [1.29, 1.82) is 0 Å². The van der Waals surface area contributed by atoms with Crippen LogP contribution in [-0.2, 0) is 4.74 Å². The maximum atomic E-state index is 10.1. The summed E-state index contributed by atoms with van der Waals surface area (Å²) >= 11 is 0. The molecule has 3 heteroatoms. The molecule has 0 amide bonds. The molecule has 0 saturated carbocycles. The Morgan fingerprint density at radius 3 is 2.85 bits per heavy atom. The van der Waals surface area contributed by atoms with E-state index in [4.69, 9.17) is 4.74 Å². The quantitative estimate of drug-likeness (QED) is 0.502. The topological polar surface area (TPSA) is 41.5 Å². The van der Waals surface area contributed by atoms with Crippen molar-refractivity contribution in [3.8, 4) is 0 Å². The van der Waals surface area contributed by atoms with E-state index >= 15 is 0 Å². The van der Waals surface area contributed by atoms with E-state index < -0.39 is 5.60 Å². The molecular weight excluding hydrogens is 166 g/mol. The predicted molar refractivity (Wildman–Crippen MR) is 51.3 cm³/mol. The molecule has 0 aliphatic carbocycles. The molecule has 1 heterocycles. The second-order valence-electron chi connectivity index (χ2n) is 3.51. The van der Waals surface area contributed by atoms with E-state index in [1.807, 2.05) is 0 Å². The van der Waals surface area contributed by atoms with Gasteiger partial charge in [0.15, 0.2) is 5.76 Å². The lowest BCUT2D eigenvalue weighted by Crippen LogP contribution is -2.47. The molecular formula is C10H17NO2. The van der Waals surface area contributed by atoms with Crippen LogP contribution in [0.2, 0.25) is 0 Å². The van der Waals surface area contributed by atoms with Crippen LogP contribution in [0.1, 0.15) is 19.8 Å². The van der Waals surface area contributed by atoms with Crippen molar-refractivity contribution < 1.29 is 9.84 Å². The monoisotopic (exact) mass is 183 g/mol. The third kappa shape index (κ3) is 1.94. The Morgan fingerprint density at radius 2 is 2.46 bits per heavy atom. The highest BCUT2D eigenvalue weighted by atomic mass is 16.5. The lowest BCUT2D eigenvalue weighted by Gasteiger charge is -2.30. The molecule has 2 atom stereocenters. The van der Waals surface area contributed by atoms with E-state index in [1.165, 1.54) is 7.11 Å². The summed E-state index contributed by atoms with van der Waals surface area (Å²) in [6.45, 7) is 6.18. The number of hydrogen-bond acceptors (Lipinski definition) is 3. The van der Waals surface area contributed by atoms with E-state index in [0.717, 1.165) is 19.4 Å². The van der Waals surface area contributed by atoms with Crippen LogP contribution in [0.25, 0.3) is 0 Å². The number of hydrogen-bond donors (Lipinski definition) is 2. The molecule has 0 radical (unpaired) electrons. The zero-order valence-corrected chi connectivity index (χ0v) is 8.26. The van der Waals surface area contributed by atoms with Crippen molar-refractivity contribution in [3.63, 3.8) is 0 Å². The summed E-state index contributed by atoms with van der Waals surface area (Å²) in [5.74, 6) is 0.409. The number of nitrogens with one attached hydrogen (secondary N) is 1. The Hall–Kier alpha value is -0.760. The fourth-order valence-electron chi connectivity index (χ4n) is 1.78. The molecule has 0 unspecified atom stereocenters. The minimum atomic E-state index is -0.993. The van der Waals surface area contributed by atoms with E-state index in [0.29, 0.717) is 5.76 Å². The fourth-order valence-corrected chi connectivity index (χ4v) is 1.78. The van der Waals surface area contributed by atoms with Crippen molar-refractivity contribution in [2.75, 3.05) is 13.7 Å². The highest BCUT2D eigenvalue weighted by Crippen LogP contribution is 2.25. The fraction of sp³-hybridized carbons (Fsp3) is 0.700. The number of aliphatic hydroxyl groups is 1. The average Bonchev–Trinajstić information content (AvgIpc) is 2.58. The van der Waals surface area contributed by atoms with Crippen molar-refractivity contribution in [1.82, 2.24) is 5.32 Å². The molecule has 0 spiro atoms. The summed E-state index contributed by atoms with van der Waals surface area (Å²) in [4.78, 5) is 0. The number of ether oxygens (including phenoxy) is 1. The van der Waals surface area contributed by atoms with Gasteiger partial charge in [0, 0.05) is 6.04 Å². The molecule has 0 bridgehead atoms. The van der Waals surface area contributed by atoms with Crippen LogP contribution in [0, 0.1) is 0 Å². The lowest BCUT2D eigenvalue weighted by molar-refractivity contribution is 0.0116. The van der Waals surface area contributed by atoms with Crippen LogP contribution >= 0.6 is 0 Å². The van der Waals surface area contributed by atoms with Gasteiger partial charge in [-0.1, -0.05) is 12.3 Å². The van der Waals surface area contributed by atoms with E-state index in [1.54, 1.807) is 6.92 Å². The van der Waals surface area contributed by atoms with Gasteiger partial charge in [-0.25, -0.2) is 0 Å². The largest absolute Gasteiger partial charge is 0.490 e. The van der Waals surface area contributed by atoms with Crippen LogP contribution in [0.5, 0.6) is 0 Å². The normalized spacial score (nSPS) is 26.2. The van der Waals surface area contributed by atoms with Gasteiger partial charge in [0.1, 0.15) is 5.60 Å². The zero-order valence-electron chi connectivity index (χ0n) is 8.26. The molecule has 0 aromatic rings. The number of methoxy groups -OCH3 is 1. The van der Waals surface area contributed by atoms with Gasteiger partial charge in [-0.3, -0.25) is 0 Å². The van der Waals surface area contributed by atoms with Crippen molar-refractivity contribution in [2.24, 2.45) is 0 Å². The van der Waals surface area contributed by atoms with Gasteiger partial charge in [-0.05, 0) is 26.3 Å². The molecule has 1 saturated heterocycles. The molecule has 2 N–H and O–H groups in total. The maximum absolute atomic E-state index is 10.1. The summed E-state index contributed by atoms with van der Waals surface area (Å²) in [5, 5.41) is 13.4. The molecule has 0 aromatic heterocycles. The lowest BCUT2D eigenvalue weighted by atomic mass is 9.93. The molecule has 1 aliphatic rings. The Kier molecular flexibility index (Phi) is 3.15. The second-order valence-corrected chi connectivity index (χ2v) is 3.51. The first kappa shape index (κ1) is 10.3. The third-order valence-corrected chi connectivity index (χ3v) is 2.56. The van der Waals surface area contributed by atoms with Crippen LogP contribution in [0.4, 0.5) is 0 Å².